The highest BCUT2D eigenvalue weighted by atomic mass is 32.2. The van der Waals surface area contributed by atoms with Gasteiger partial charge in [-0.05, 0) is 62.5 Å². The fraction of sp³-hybridized carbons (Fsp3) is 0.481. The number of nitrogens with zero attached hydrogens (tertiary/aromatic N) is 4. The quantitative estimate of drug-likeness (QED) is 0.376. The van der Waals surface area contributed by atoms with Crippen molar-refractivity contribution in [2.45, 2.75) is 61.7 Å². The SMILES string of the molecule is COc1ccccc1CN1CCC(c2nnc(SCc3ccc(F)cc3)n2C[C@@H]2CCCO2)CC1. The van der Waals surface area contributed by atoms with Crippen LogP contribution >= 0.6 is 11.8 Å². The third-order valence-electron chi connectivity index (χ3n) is 6.98. The smallest absolute Gasteiger partial charge is 0.191 e. The molecule has 1 atom stereocenters. The lowest BCUT2D eigenvalue weighted by molar-refractivity contribution is 0.0931. The van der Waals surface area contributed by atoms with Gasteiger partial charge in [0.15, 0.2) is 5.16 Å². The monoisotopic (exact) mass is 496 g/mol. The van der Waals surface area contributed by atoms with Crippen molar-refractivity contribution >= 4 is 11.8 Å². The molecule has 0 saturated carbocycles. The lowest BCUT2D eigenvalue weighted by Crippen LogP contribution is -2.33. The molecule has 8 heteroatoms. The van der Waals surface area contributed by atoms with Gasteiger partial charge in [-0.15, -0.1) is 10.2 Å². The van der Waals surface area contributed by atoms with Crippen LogP contribution in [0.4, 0.5) is 4.39 Å². The summed E-state index contributed by atoms with van der Waals surface area (Å²) in [6.45, 7) is 4.58. The summed E-state index contributed by atoms with van der Waals surface area (Å²) in [7, 11) is 1.73. The van der Waals surface area contributed by atoms with Crippen LogP contribution in [0.5, 0.6) is 5.75 Å². The van der Waals surface area contributed by atoms with Crippen LogP contribution in [0, 0.1) is 5.82 Å². The normalized spacial score (nSPS) is 19.3. The number of ether oxygens (including phenoxy) is 2. The lowest BCUT2D eigenvalue weighted by atomic mass is 9.95. The Bertz CT molecular complexity index is 1090. The first-order valence-corrected chi connectivity index (χ1v) is 13.4. The molecular formula is C27H33FN4O2S. The van der Waals surface area contributed by atoms with Gasteiger partial charge in [-0.3, -0.25) is 4.90 Å². The first kappa shape index (κ1) is 24.3. The number of para-hydroxylation sites is 1. The molecule has 3 heterocycles. The third-order valence-corrected chi connectivity index (χ3v) is 8.01. The Morgan fingerprint density at radius 3 is 2.60 bits per heavy atom. The molecular weight excluding hydrogens is 463 g/mol. The number of methoxy groups -OCH3 is 1. The number of benzene rings is 2. The maximum Gasteiger partial charge on any atom is 0.191 e. The average molecular weight is 497 g/mol. The average Bonchev–Trinajstić information content (AvgIpc) is 3.55. The molecule has 0 amide bonds. The highest BCUT2D eigenvalue weighted by Crippen LogP contribution is 2.32. The zero-order valence-corrected chi connectivity index (χ0v) is 21.1. The number of hydrogen-bond acceptors (Lipinski definition) is 6. The molecule has 0 spiro atoms. The van der Waals surface area contributed by atoms with Crippen molar-refractivity contribution in [3.63, 3.8) is 0 Å². The molecule has 186 valence electrons. The molecule has 0 unspecified atom stereocenters. The summed E-state index contributed by atoms with van der Waals surface area (Å²) in [6.07, 6.45) is 4.53. The molecule has 2 saturated heterocycles. The molecule has 0 aliphatic carbocycles. The number of aromatic nitrogens is 3. The molecule has 6 nitrogen and oxygen atoms in total. The summed E-state index contributed by atoms with van der Waals surface area (Å²) in [6, 6.07) is 15.0. The molecule has 35 heavy (non-hydrogen) atoms. The van der Waals surface area contributed by atoms with Crippen molar-refractivity contribution in [2.75, 3.05) is 26.8 Å². The summed E-state index contributed by atoms with van der Waals surface area (Å²) in [5.74, 6) is 2.95. The van der Waals surface area contributed by atoms with E-state index in [9.17, 15) is 4.39 Å². The van der Waals surface area contributed by atoms with E-state index in [-0.39, 0.29) is 11.9 Å². The van der Waals surface area contributed by atoms with E-state index in [0.717, 1.165) is 86.5 Å². The Morgan fingerprint density at radius 2 is 1.86 bits per heavy atom. The van der Waals surface area contributed by atoms with Crippen LogP contribution in [0.3, 0.4) is 0 Å². The summed E-state index contributed by atoms with van der Waals surface area (Å²) >= 11 is 1.67. The molecule has 2 aromatic carbocycles. The number of rotatable bonds is 9. The van der Waals surface area contributed by atoms with E-state index < -0.39 is 0 Å². The van der Waals surface area contributed by atoms with Crippen molar-refractivity contribution in [1.82, 2.24) is 19.7 Å². The van der Waals surface area contributed by atoms with E-state index in [0.29, 0.717) is 5.92 Å². The molecule has 1 aromatic heterocycles. The fourth-order valence-electron chi connectivity index (χ4n) is 5.02. The number of thioether (sulfide) groups is 1. The number of piperidine rings is 1. The molecule has 0 radical (unpaired) electrons. The predicted octanol–water partition coefficient (Wildman–Crippen LogP) is 5.28. The molecule has 0 N–H and O–H groups in total. The van der Waals surface area contributed by atoms with Crippen molar-refractivity contribution in [3.05, 3.63) is 71.3 Å². The van der Waals surface area contributed by atoms with Gasteiger partial charge in [-0.25, -0.2) is 4.39 Å². The topological polar surface area (TPSA) is 52.4 Å². The van der Waals surface area contributed by atoms with E-state index in [2.05, 4.69) is 31.8 Å². The van der Waals surface area contributed by atoms with Crippen LogP contribution < -0.4 is 4.74 Å². The summed E-state index contributed by atoms with van der Waals surface area (Å²) in [4.78, 5) is 2.50. The summed E-state index contributed by atoms with van der Waals surface area (Å²) in [5.41, 5.74) is 2.31. The van der Waals surface area contributed by atoms with Crippen LogP contribution in [-0.2, 0) is 23.6 Å². The Morgan fingerprint density at radius 1 is 1.06 bits per heavy atom. The van der Waals surface area contributed by atoms with Gasteiger partial charge in [-0.2, -0.15) is 0 Å². The lowest BCUT2D eigenvalue weighted by Gasteiger charge is -2.32. The van der Waals surface area contributed by atoms with Crippen molar-refractivity contribution in [2.24, 2.45) is 0 Å². The van der Waals surface area contributed by atoms with Crippen LogP contribution in [0.1, 0.15) is 48.6 Å². The van der Waals surface area contributed by atoms with Gasteiger partial charge < -0.3 is 14.0 Å². The molecule has 2 aliphatic rings. The molecule has 5 rings (SSSR count). The zero-order chi connectivity index (χ0) is 24.0. The van der Waals surface area contributed by atoms with Gasteiger partial charge in [0.05, 0.1) is 19.8 Å². The number of likely N-dealkylation sites (tertiary alicyclic amines) is 1. The Labute approximate surface area is 210 Å². The van der Waals surface area contributed by atoms with Crippen molar-refractivity contribution < 1.29 is 13.9 Å². The van der Waals surface area contributed by atoms with Gasteiger partial charge in [0, 0.05) is 30.4 Å². The Hall–Kier alpha value is -2.42. The maximum absolute atomic E-state index is 13.3. The minimum atomic E-state index is -0.209. The predicted molar refractivity (Wildman–Crippen MR) is 135 cm³/mol. The molecule has 3 aromatic rings. The zero-order valence-electron chi connectivity index (χ0n) is 20.2. The van der Waals surface area contributed by atoms with Crippen molar-refractivity contribution in [1.29, 1.82) is 0 Å². The van der Waals surface area contributed by atoms with E-state index in [4.69, 9.17) is 9.47 Å². The van der Waals surface area contributed by atoms with Crippen LogP contribution in [0.2, 0.25) is 0 Å². The number of halogens is 1. The second kappa shape index (κ2) is 11.5. The van der Waals surface area contributed by atoms with E-state index >= 15 is 0 Å². The van der Waals surface area contributed by atoms with E-state index in [1.54, 1.807) is 18.9 Å². The minimum Gasteiger partial charge on any atom is -0.496 e. The van der Waals surface area contributed by atoms with E-state index in [1.165, 1.54) is 17.7 Å². The second-order valence-electron chi connectivity index (χ2n) is 9.36. The third kappa shape index (κ3) is 6.05. The minimum absolute atomic E-state index is 0.209. The van der Waals surface area contributed by atoms with E-state index in [1.807, 2.05) is 24.3 Å². The van der Waals surface area contributed by atoms with Crippen molar-refractivity contribution in [3.8, 4) is 5.75 Å². The Kier molecular flexibility index (Phi) is 8.01. The highest BCUT2D eigenvalue weighted by Gasteiger charge is 2.28. The van der Waals surface area contributed by atoms with Gasteiger partial charge in [0.2, 0.25) is 0 Å². The van der Waals surface area contributed by atoms with Crippen LogP contribution in [-0.4, -0.2) is 52.6 Å². The first-order valence-electron chi connectivity index (χ1n) is 12.5. The fourth-order valence-corrected chi connectivity index (χ4v) is 5.94. The van der Waals surface area contributed by atoms with Gasteiger partial charge >= 0.3 is 0 Å². The maximum atomic E-state index is 13.3. The molecule has 2 fully saturated rings. The molecule has 2 aliphatic heterocycles. The van der Waals surface area contributed by atoms with Gasteiger partial charge in [0.1, 0.15) is 17.4 Å². The number of hydrogen-bond donors (Lipinski definition) is 0. The van der Waals surface area contributed by atoms with Gasteiger partial charge in [0.25, 0.3) is 0 Å². The first-order chi connectivity index (χ1) is 17.2. The van der Waals surface area contributed by atoms with Crippen LogP contribution in [0.25, 0.3) is 0 Å². The highest BCUT2D eigenvalue weighted by molar-refractivity contribution is 7.98. The summed E-state index contributed by atoms with van der Waals surface area (Å²) < 4.78 is 27.1. The second-order valence-corrected chi connectivity index (χ2v) is 10.3. The standard InChI is InChI=1S/C27H33FN4O2S/c1-33-25-7-3-2-5-22(25)17-31-14-12-21(13-15-31)26-29-30-27(32(26)18-24-6-4-16-34-24)35-19-20-8-10-23(28)11-9-20/h2-3,5,7-11,21,24H,4,6,12-19H2,1H3/t24-/m0/s1. The van der Waals surface area contributed by atoms with Crippen LogP contribution in [0.15, 0.2) is 53.7 Å². The largest absolute Gasteiger partial charge is 0.496 e. The summed E-state index contributed by atoms with van der Waals surface area (Å²) in [5, 5.41) is 10.2. The molecule has 0 bridgehead atoms. The Balaban J connectivity index is 1.26. The van der Waals surface area contributed by atoms with Gasteiger partial charge in [-0.1, -0.05) is 42.1 Å².